The SMILES string of the molecule is COc1ccc(-n2c(C(=O)c3sc(Nc4ccccc4)nc3C)cnc2N)cc1. The molecule has 0 amide bonds. The lowest BCUT2D eigenvalue weighted by atomic mass is 10.2. The maximum Gasteiger partial charge on any atom is 0.223 e. The summed E-state index contributed by atoms with van der Waals surface area (Å²) in [6, 6.07) is 17.0. The number of imidazole rings is 1. The Morgan fingerprint density at radius 1 is 1.14 bits per heavy atom. The van der Waals surface area contributed by atoms with Gasteiger partial charge in [-0.25, -0.2) is 9.97 Å². The third kappa shape index (κ3) is 3.70. The molecule has 8 heteroatoms. The first-order valence-corrected chi connectivity index (χ1v) is 9.70. The summed E-state index contributed by atoms with van der Waals surface area (Å²) in [5.41, 5.74) is 8.72. The normalized spacial score (nSPS) is 10.7. The molecule has 0 atom stereocenters. The van der Waals surface area contributed by atoms with Crippen LogP contribution in [0.15, 0.2) is 60.8 Å². The van der Waals surface area contributed by atoms with Crippen molar-refractivity contribution in [1.29, 1.82) is 0 Å². The molecule has 0 unspecified atom stereocenters. The smallest absolute Gasteiger partial charge is 0.223 e. The van der Waals surface area contributed by atoms with Crippen LogP contribution in [0.3, 0.4) is 0 Å². The van der Waals surface area contributed by atoms with Crippen molar-refractivity contribution in [2.75, 3.05) is 18.2 Å². The van der Waals surface area contributed by atoms with Crippen LogP contribution in [0.5, 0.6) is 5.75 Å². The standard InChI is InChI=1S/C21H19N5O2S/c1-13-19(29-21(24-13)25-14-6-4-3-5-7-14)18(27)17-12-23-20(22)26(17)15-8-10-16(28-2)11-9-15/h3-12H,1-2H3,(H2,22,23)(H,24,25). The van der Waals surface area contributed by atoms with Crippen LogP contribution in [0.25, 0.3) is 5.69 Å². The van der Waals surface area contributed by atoms with Gasteiger partial charge < -0.3 is 15.8 Å². The fourth-order valence-corrected chi connectivity index (χ4v) is 3.89. The van der Waals surface area contributed by atoms with Gasteiger partial charge in [0.05, 0.1) is 19.0 Å². The van der Waals surface area contributed by atoms with Gasteiger partial charge in [-0.1, -0.05) is 29.5 Å². The summed E-state index contributed by atoms with van der Waals surface area (Å²) in [6.45, 7) is 1.82. The molecule has 2 aromatic carbocycles. The fourth-order valence-electron chi connectivity index (χ4n) is 2.95. The molecule has 0 fully saturated rings. The largest absolute Gasteiger partial charge is 0.497 e. The van der Waals surface area contributed by atoms with Crippen molar-refractivity contribution < 1.29 is 9.53 Å². The minimum absolute atomic E-state index is 0.180. The van der Waals surface area contributed by atoms with Gasteiger partial charge >= 0.3 is 0 Å². The minimum Gasteiger partial charge on any atom is -0.497 e. The van der Waals surface area contributed by atoms with E-state index in [0.717, 1.165) is 17.1 Å². The van der Waals surface area contributed by atoms with E-state index in [0.29, 0.717) is 21.4 Å². The predicted molar refractivity (Wildman–Crippen MR) is 115 cm³/mol. The summed E-state index contributed by atoms with van der Waals surface area (Å²) in [5.74, 6) is 0.777. The number of carbonyl (C=O) groups excluding carboxylic acids is 1. The van der Waals surface area contributed by atoms with Crippen molar-refractivity contribution >= 4 is 33.9 Å². The molecule has 29 heavy (non-hydrogen) atoms. The van der Waals surface area contributed by atoms with E-state index in [2.05, 4.69) is 15.3 Å². The topological polar surface area (TPSA) is 95.1 Å². The van der Waals surface area contributed by atoms with E-state index in [1.165, 1.54) is 17.5 Å². The minimum atomic E-state index is -0.180. The van der Waals surface area contributed by atoms with E-state index in [4.69, 9.17) is 10.5 Å². The number of nitrogens with one attached hydrogen (secondary N) is 1. The number of thiazole rings is 1. The number of aromatic nitrogens is 3. The number of methoxy groups -OCH3 is 1. The number of aryl methyl sites for hydroxylation is 1. The van der Waals surface area contributed by atoms with Crippen molar-refractivity contribution in [3.8, 4) is 11.4 Å². The van der Waals surface area contributed by atoms with Gasteiger partial charge in [0.25, 0.3) is 0 Å². The van der Waals surface area contributed by atoms with Crippen LogP contribution in [0.2, 0.25) is 0 Å². The second-order valence-corrected chi connectivity index (χ2v) is 7.29. The van der Waals surface area contributed by atoms with E-state index >= 15 is 0 Å². The Labute approximate surface area is 171 Å². The summed E-state index contributed by atoms with van der Waals surface area (Å²) in [4.78, 5) is 22.4. The van der Waals surface area contributed by atoms with Gasteiger partial charge in [0, 0.05) is 11.4 Å². The number of benzene rings is 2. The first-order valence-electron chi connectivity index (χ1n) is 8.88. The Morgan fingerprint density at radius 3 is 2.55 bits per heavy atom. The van der Waals surface area contributed by atoms with Crippen molar-refractivity contribution in [2.45, 2.75) is 6.92 Å². The second kappa shape index (κ2) is 7.76. The monoisotopic (exact) mass is 405 g/mol. The molecule has 7 nitrogen and oxygen atoms in total. The van der Waals surface area contributed by atoms with Crippen molar-refractivity contribution in [2.24, 2.45) is 0 Å². The van der Waals surface area contributed by atoms with E-state index in [-0.39, 0.29) is 11.7 Å². The molecule has 2 aromatic heterocycles. The maximum atomic E-state index is 13.3. The first kappa shape index (κ1) is 18.7. The Bertz CT molecular complexity index is 1150. The summed E-state index contributed by atoms with van der Waals surface area (Å²) >= 11 is 1.30. The molecule has 0 aliphatic rings. The number of nitrogens with two attached hydrogens (primary N) is 1. The number of carbonyl (C=O) groups is 1. The van der Waals surface area contributed by atoms with Gasteiger partial charge in [0.15, 0.2) is 5.13 Å². The number of hydrogen-bond donors (Lipinski definition) is 2. The highest BCUT2D eigenvalue weighted by molar-refractivity contribution is 7.17. The number of nitrogen functional groups attached to an aromatic ring is 1. The molecule has 146 valence electrons. The lowest BCUT2D eigenvalue weighted by molar-refractivity contribution is 0.103. The van der Waals surface area contributed by atoms with Crippen LogP contribution in [0.4, 0.5) is 16.8 Å². The number of ketones is 1. The van der Waals surface area contributed by atoms with Crippen LogP contribution in [-0.4, -0.2) is 27.4 Å². The second-order valence-electron chi connectivity index (χ2n) is 6.29. The van der Waals surface area contributed by atoms with Crippen LogP contribution < -0.4 is 15.8 Å². The lowest BCUT2D eigenvalue weighted by Gasteiger charge is -2.09. The van der Waals surface area contributed by atoms with Crippen LogP contribution in [-0.2, 0) is 0 Å². The Morgan fingerprint density at radius 2 is 1.86 bits per heavy atom. The Kier molecular flexibility index (Phi) is 5.01. The van der Waals surface area contributed by atoms with Crippen molar-refractivity contribution in [1.82, 2.24) is 14.5 Å². The molecule has 0 radical (unpaired) electrons. The summed E-state index contributed by atoms with van der Waals surface area (Å²) in [6.07, 6.45) is 1.49. The highest BCUT2D eigenvalue weighted by Gasteiger charge is 2.23. The van der Waals surface area contributed by atoms with Gasteiger partial charge in [-0.3, -0.25) is 9.36 Å². The molecular weight excluding hydrogens is 386 g/mol. The zero-order valence-electron chi connectivity index (χ0n) is 15.9. The van der Waals surface area contributed by atoms with Crippen molar-refractivity contribution in [3.05, 3.63) is 77.1 Å². The predicted octanol–water partition coefficient (Wildman–Crippen LogP) is 4.20. The average Bonchev–Trinajstić information content (AvgIpc) is 3.30. The van der Waals surface area contributed by atoms with Gasteiger partial charge in [-0.05, 0) is 43.3 Å². The quantitative estimate of drug-likeness (QED) is 0.467. The van der Waals surface area contributed by atoms with E-state index in [9.17, 15) is 4.79 Å². The average molecular weight is 405 g/mol. The lowest BCUT2D eigenvalue weighted by Crippen LogP contribution is -2.10. The molecular formula is C21H19N5O2S. The Balaban J connectivity index is 1.67. The molecule has 0 spiro atoms. The first-order chi connectivity index (χ1) is 14.1. The zero-order valence-corrected chi connectivity index (χ0v) is 16.7. The highest BCUT2D eigenvalue weighted by Crippen LogP contribution is 2.29. The number of ether oxygens (including phenoxy) is 1. The van der Waals surface area contributed by atoms with Gasteiger partial charge in [-0.2, -0.15) is 0 Å². The highest BCUT2D eigenvalue weighted by atomic mass is 32.1. The number of para-hydroxylation sites is 1. The van der Waals surface area contributed by atoms with Crippen molar-refractivity contribution in [3.63, 3.8) is 0 Å². The van der Waals surface area contributed by atoms with Crippen LogP contribution >= 0.6 is 11.3 Å². The molecule has 4 aromatic rings. The summed E-state index contributed by atoms with van der Waals surface area (Å²) in [7, 11) is 1.60. The fraction of sp³-hybridized carbons (Fsp3) is 0.0952. The molecule has 4 rings (SSSR count). The van der Waals surface area contributed by atoms with E-state index in [1.807, 2.05) is 61.5 Å². The summed E-state index contributed by atoms with van der Waals surface area (Å²) in [5, 5.41) is 3.88. The number of rotatable bonds is 6. The van der Waals surface area contributed by atoms with Gasteiger partial charge in [-0.15, -0.1) is 0 Å². The molecule has 0 saturated carbocycles. The van der Waals surface area contributed by atoms with E-state index < -0.39 is 0 Å². The van der Waals surface area contributed by atoms with Gasteiger partial charge in [0.1, 0.15) is 16.3 Å². The summed E-state index contributed by atoms with van der Waals surface area (Å²) < 4.78 is 6.82. The number of nitrogens with zero attached hydrogens (tertiary/aromatic N) is 3. The van der Waals surface area contributed by atoms with Crippen LogP contribution in [0, 0.1) is 6.92 Å². The van der Waals surface area contributed by atoms with Gasteiger partial charge in [0.2, 0.25) is 11.7 Å². The molecule has 3 N–H and O–H groups in total. The molecule has 0 bridgehead atoms. The number of hydrogen-bond acceptors (Lipinski definition) is 7. The Hall–Kier alpha value is -3.65. The van der Waals surface area contributed by atoms with Crippen LogP contribution in [0.1, 0.15) is 21.1 Å². The van der Waals surface area contributed by atoms with E-state index in [1.54, 1.807) is 11.7 Å². The number of anilines is 3. The molecule has 0 aliphatic heterocycles. The maximum absolute atomic E-state index is 13.3. The zero-order chi connectivity index (χ0) is 20.4. The third-order valence-electron chi connectivity index (χ3n) is 4.38. The molecule has 0 saturated heterocycles. The molecule has 2 heterocycles. The third-order valence-corrected chi connectivity index (χ3v) is 5.45. The molecule has 0 aliphatic carbocycles.